The number of carbonyl (C=O) groups is 1. The highest BCUT2D eigenvalue weighted by molar-refractivity contribution is 5.70. The van der Waals surface area contributed by atoms with Gasteiger partial charge in [0.2, 0.25) is 0 Å². The molecule has 0 aromatic rings. The van der Waals surface area contributed by atoms with E-state index in [0.29, 0.717) is 5.92 Å². The molecule has 0 bridgehead atoms. The molecule has 1 aliphatic rings. The topological polar surface area (TPSA) is 40.5 Å². The second-order valence-electron chi connectivity index (χ2n) is 4.61. The fraction of sp³-hybridized carbons (Fsp3) is 0.909. The van der Waals surface area contributed by atoms with E-state index in [2.05, 4.69) is 11.8 Å². The van der Waals surface area contributed by atoms with E-state index >= 15 is 0 Å². The van der Waals surface area contributed by atoms with E-state index in [0.717, 1.165) is 13.1 Å². The van der Waals surface area contributed by atoms with Crippen molar-refractivity contribution in [3.05, 3.63) is 0 Å². The number of carboxylic acid groups (broad SMARTS) is 1. The van der Waals surface area contributed by atoms with E-state index in [1.54, 1.807) is 6.92 Å². The first-order valence-electron chi connectivity index (χ1n) is 5.49. The van der Waals surface area contributed by atoms with Gasteiger partial charge in [0.25, 0.3) is 0 Å². The maximum absolute atomic E-state index is 10.8. The lowest BCUT2D eigenvalue weighted by Gasteiger charge is -2.37. The van der Waals surface area contributed by atoms with Crippen molar-refractivity contribution in [3.8, 4) is 0 Å². The molecule has 1 heterocycles. The van der Waals surface area contributed by atoms with Gasteiger partial charge in [-0.2, -0.15) is 0 Å². The maximum atomic E-state index is 10.8. The zero-order valence-corrected chi connectivity index (χ0v) is 9.36. The molecule has 0 aromatic heterocycles. The van der Waals surface area contributed by atoms with Gasteiger partial charge in [0.1, 0.15) is 0 Å². The maximum Gasteiger partial charge on any atom is 0.307 e. The van der Waals surface area contributed by atoms with Crippen molar-refractivity contribution in [1.82, 2.24) is 4.90 Å². The highest BCUT2D eigenvalue weighted by Crippen LogP contribution is 2.21. The second kappa shape index (κ2) is 4.78. The lowest BCUT2D eigenvalue weighted by atomic mass is 9.95. The number of nitrogens with zero attached hydrogens (tertiary/aromatic N) is 1. The summed E-state index contributed by atoms with van der Waals surface area (Å²) in [6.45, 7) is 8.18. The molecule has 82 valence electrons. The third-order valence-electron chi connectivity index (χ3n) is 3.38. The Labute approximate surface area is 86.1 Å². The lowest BCUT2D eigenvalue weighted by Crippen LogP contribution is -2.45. The molecule has 0 aromatic carbocycles. The van der Waals surface area contributed by atoms with Gasteiger partial charge < -0.3 is 5.11 Å². The molecule has 0 spiro atoms. The summed E-state index contributed by atoms with van der Waals surface area (Å²) in [5.74, 6) is -0.233. The molecule has 0 saturated carbocycles. The summed E-state index contributed by atoms with van der Waals surface area (Å²) < 4.78 is 0. The summed E-state index contributed by atoms with van der Waals surface area (Å²) >= 11 is 0. The van der Waals surface area contributed by atoms with E-state index in [-0.39, 0.29) is 12.0 Å². The van der Waals surface area contributed by atoms with Crippen LogP contribution in [-0.2, 0) is 4.79 Å². The van der Waals surface area contributed by atoms with Gasteiger partial charge >= 0.3 is 5.97 Å². The van der Waals surface area contributed by atoms with Gasteiger partial charge in [-0.15, -0.1) is 0 Å². The average Bonchev–Trinajstić information content (AvgIpc) is 2.15. The molecule has 3 nitrogen and oxygen atoms in total. The van der Waals surface area contributed by atoms with Crippen molar-refractivity contribution < 1.29 is 9.90 Å². The van der Waals surface area contributed by atoms with Crippen LogP contribution in [0.15, 0.2) is 0 Å². The van der Waals surface area contributed by atoms with Crippen LogP contribution >= 0.6 is 0 Å². The first-order chi connectivity index (χ1) is 6.52. The van der Waals surface area contributed by atoms with Gasteiger partial charge in [-0.1, -0.05) is 13.8 Å². The van der Waals surface area contributed by atoms with Crippen LogP contribution in [0.2, 0.25) is 0 Å². The predicted molar refractivity (Wildman–Crippen MR) is 56.2 cm³/mol. The van der Waals surface area contributed by atoms with E-state index < -0.39 is 5.97 Å². The van der Waals surface area contributed by atoms with Gasteiger partial charge in [0.15, 0.2) is 0 Å². The largest absolute Gasteiger partial charge is 0.481 e. The Morgan fingerprint density at radius 2 is 2.14 bits per heavy atom. The first-order valence-corrected chi connectivity index (χ1v) is 5.49. The third-order valence-corrected chi connectivity index (χ3v) is 3.38. The summed E-state index contributed by atoms with van der Waals surface area (Å²) in [5, 5.41) is 8.92. The number of likely N-dealkylation sites (tertiary alicyclic amines) is 1. The van der Waals surface area contributed by atoms with Crippen molar-refractivity contribution in [1.29, 1.82) is 0 Å². The molecular formula is C11H21NO2. The van der Waals surface area contributed by atoms with Crippen molar-refractivity contribution in [2.75, 3.05) is 13.1 Å². The van der Waals surface area contributed by atoms with Crippen LogP contribution in [0, 0.1) is 11.8 Å². The Hall–Kier alpha value is -0.570. The summed E-state index contributed by atoms with van der Waals surface area (Å²) in [7, 11) is 0. The molecule has 0 radical (unpaired) electrons. The minimum absolute atomic E-state index is 0.162. The zero-order valence-electron chi connectivity index (χ0n) is 9.36. The van der Waals surface area contributed by atoms with Crippen molar-refractivity contribution in [2.24, 2.45) is 11.8 Å². The van der Waals surface area contributed by atoms with Crippen LogP contribution in [0.4, 0.5) is 0 Å². The Morgan fingerprint density at radius 1 is 1.50 bits per heavy atom. The molecule has 1 saturated heterocycles. The Bertz CT molecular complexity index is 205. The molecule has 1 rings (SSSR count). The zero-order chi connectivity index (χ0) is 10.7. The lowest BCUT2D eigenvalue weighted by molar-refractivity contribution is -0.143. The molecule has 3 atom stereocenters. The van der Waals surface area contributed by atoms with E-state index in [1.807, 2.05) is 6.92 Å². The Morgan fingerprint density at radius 3 is 2.64 bits per heavy atom. The van der Waals surface area contributed by atoms with Crippen molar-refractivity contribution in [3.63, 3.8) is 0 Å². The van der Waals surface area contributed by atoms with E-state index in [4.69, 9.17) is 5.11 Å². The molecular weight excluding hydrogens is 178 g/mol. The van der Waals surface area contributed by atoms with Crippen molar-refractivity contribution in [2.45, 2.75) is 39.7 Å². The minimum atomic E-state index is -0.685. The highest BCUT2D eigenvalue weighted by Gasteiger charge is 2.27. The fourth-order valence-electron chi connectivity index (χ4n) is 2.12. The molecule has 0 amide bonds. The summed E-state index contributed by atoms with van der Waals surface area (Å²) in [6.07, 6.45) is 2.49. The molecule has 14 heavy (non-hydrogen) atoms. The van der Waals surface area contributed by atoms with Crippen LogP contribution in [0.5, 0.6) is 0 Å². The summed E-state index contributed by atoms with van der Waals surface area (Å²) in [4.78, 5) is 13.2. The number of piperidine rings is 1. The van der Waals surface area contributed by atoms with Crippen LogP contribution in [0.25, 0.3) is 0 Å². The van der Waals surface area contributed by atoms with Gasteiger partial charge in [-0.3, -0.25) is 9.69 Å². The number of rotatable bonds is 3. The molecule has 3 unspecified atom stereocenters. The number of carboxylic acids is 1. The van der Waals surface area contributed by atoms with Crippen LogP contribution in [-0.4, -0.2) is 35.1 Å². The number of hydrogen-bond donors (Lipinski definition) is 1. The third kappa shape index (κ3) is 2.71. The van der Waals surface area contributed by atoms with Gasteiger partial charge in [-0.05, 0) is 32.2 Å². The summed E-state index contributed by atoms with van der Waals surface area (Å²) in [5.41, 5.74) is 0. The normalized spacial score (nSPS) is 28.4. The van der Waals surface area contributed by atoms with Gasteiger partial charge in [-0.25, -0.2) is 0 Å². The second-order valence-corrected chi connectivity index (χ2v) is 4.61. The molecule has 1 N–H and O–H groups in total. The van der Waals surface area contributed by atoms with Gasteiger partial charge in [0.05, 0.1) is 5.92 Å². The molecule has 1 aliphatic heterocycles. The summed E-state index contributed by atoms with van der Waals surface area (Å²) in [6, 6.07) is 0.162. The van der Waals surface area contributed by atoms with E-state index in [1.165, 1.54) is 12.8 Å². The molecule has 0 aliphatic carbocycles. The number of hydrogen-bond acceptors (Lipinski definition) is 2. The van der Waals surface area contributed by atoms with Crippen molar-refractivity contribution >= 4 is 5.97 Å². The quantitative estimate of drug-likeness (QED) is 0.754. The van der Waals surface area contributed by atoms with Crippen LogP contribution < -0.4 is 0 Å². The monoisotopic (exact) mass is 199 g/mol. The standard InChI is InChI=1S/C11H21NO2/c1-8-5-4-6-12(7-8)10(3)9(2)11(13)14/h8-10H,4-7H2,1-3H3,(H,13,14). The number of aliphatic carboxylic acids is 1. The predicted octanol–water partition coefficient (Wildman–Crippen LogP) is 1.83. The van der Waals surface area contributed by atoms with Crippen LogP contribution in [0.1, 0.15) is 33.6 Å². The van der Waals surface area contributed by atoms with E-state index in [9.17, 15) is 4.79 Å². The Balaban J connectivity index is 2.50. The molecule has 1 fully saturated rings. The van der Waals surface area contributed by atoms with Crippen LogP contribution in [0.3, 0.4) is 0 Å². The van der Waals surface area contributed by atoms with Gasteiger partial charge in [0, 0.05) is 12.6 Å². The smallest absolute Gasteiger partial charge is 0.307 e. The SMILES string of the molecule is CC1CCCN(C(C)C(C)C(=O)O)C1. The fourth-order valence-corrected chi connectivity index (χ4v) is 2.12. The molecule has 3 heteroatoms. The minimum Gasteiger partial charge on any atom is -0.481 e. The average molecular weight is 199 g/mol. The highest BCUT2D eigenvalue weighted by atomic mass is 16.4. The Kier molecular flexibility index (Phi) is 3.93. The first kappa shape index (κ1) is 11.5.